The highest BCUT2D eigenvalue weighted by molar-refractivity contribution is 7.09. The van der Waals surface area contributed by atoms with Crippen LogP contribution in [0.5, 0.6) is 5.75 Å². The summed E-state index contributed by atoms with van der Waals surface area (Å²) in [6.07, 6.45) is 0. The van der Waals surface area contributed by atoms with Crippen molar-refractivity contribution in [2.45, 2.75) is 13.5 Å². The van der Waals surface area contributed by atoms with E-state index in [9.17, 15) is 4.79 Å². The Morgan fingerprint density at radius 3 is 2.62 bits per heavy atom. The number of aromatic nitrogens is 1. The molecule has 0 radical (unpaired) electrons. The van der Waals surface area contributed by atoms with Gasteiger partial charge in [0, 0.05) is 10.4 Å². The Morgan fingerprint density at radius 1 is 1.15 bits per heavy atom. The summed E-state index contributed by atoms with van der Waals surface area (Å²) in [5.74, 6) is 0.208. The first-order valence-corrected chi connectivity index (χ1v) is 9.02. The molecule has 1 aromatic heterocycles. The summed E-state index contributed by atoms with van der Waals surface area (Å²) in [6.45, 7) is 2.07. The molecule has 2 aromatic carbocycles. The summed E-state index contributed by atoms with van der Waals surface area (Å²) >= 11 is 7.29. The second-order valence-corrected chi connectivity index (χ2v) is 6.67. The standard InChI is InChI=1S/C19H15ClN2O3S/c1-13(22-25-19(23)14-5-3-2-4-6-14)17-12-26-18(21-17)11-24-16-9-7-15(20)8-10-16/h2-10,12H,11H2,1H3. The van der Waals surface area contributed by atoms with E-state index in [1.165, 1.54) is 11.3 Å². The topological polar surface area (TPSA) is 60.8 Å². The molecule has 132 valence electrons. The van der Waals surface area contributed by atoms with Gasteiger partial charge in [-0.25, -0.2) is 9.78 Å². The lowest BCUT2D eigenvalue weighted by atomic mass is 10.2. The fraction of sp³-hybridized carbons (Fsp3) is 0.105. The van der Waals surface area contributed by atoms with E-state index in [0.717, 1.165) is 5.01 Å². The maximum Gasteiger partial charge on any atom is 0.365 e. The van der Waals surface area contributed by atoms with Crippen molar-refractivity contribution in [3.8, 4) is 5.75 Å². The average Bonchev–Trinajstić information content (AvgIpc) is 3.15. The van der Waals surface area contributed by atoms with Gasteiger partial charge in [-0.05, 0) is 43.3 Å². The van der Waals surface area contributed by atoms with Gasteiger partial charge in [-0.15, -0.1) is 11.3 Å². The molecule has 7 heteroatoms. The highest BCUT2D eigenvalue weighted by Crippen LogP contribution is 2.18. The van der Waals surface area contributed by atoms with Crippen LogP contribution in [0.15, 0.2) is 65.1 Å². The fourth-order valence-electron chi connectivity index (χ4n) is 2.00. The Kier molecular flexibility index (Phi) is 5.99. The maximum atomic E-state index is 11.9. The third-order valence-electron chi connectivity index (χ3n) is 3.37. The molecule has 3 rings (SSSR count). The minimum Gasteiger partial charge on any atom is -0.486 e. The number of oxime groups is 1. The van der Waals surface area contributed by atoms with E-state index in [1.807, 2.05) is 11.4 Å². The molecule has 0 fully saturated rings. The molecule has 5 nitrogen and oxygen atoms in total. The summed E-state index contributed by atoms with van der Waals surface area (Å²) in [5.41, 5.74) is 1.60. The minimum atomic E-state index is -0.508. The van der Waals surface area contributed by atoms with E-state index in [-0.39, 0.29) is 0 Å². The first kappa shape index (κ1) is 18.1. The van der Waals surface area contributed by atoms with Crippen LogP contribution < -0.4 is 4.74 Å². The smallest absolute Gasteiger partial charge is 0.365 e. The van der Waals surface area contributed by atoms with Crippen LogP contribution in [-0.2, 0) is 11.4 Å². The van der Waals surface area contributed by atoms with E-state index in [1.54, 1.807) is 55.5 Å². The zero-order valence-electron chi connectivity index (χ0n) is 13.9. The van der Waals surface area contributed by atoms with Crippen LogP contribution >= 0.6 is 22.9 Å². The third-order valence-corrected chi connectivity index (χ3v) is 4.45. The Bertz CT molecular complexity index is 908. The van der Waals surface area contributed by atoms with Crippen molar-refractivity contribution in [1.29, 1.82) is 0 Å². The number of carbonyl (C=O) groups is 1. The molecule has 0 unspecified atom stereocenters. The van der Waals surface area contributed by atoms with Crippen LogP contribution in [0, 0.1) is 0 Å². The van der Waals surface area contributed by atoms with Crippen molar-refractivity contribution in [3.63, 3.8) is 0 Å². The first-order valence-electron chi connectivity index (χ1n) is 7.76. The molecule has 0 spiro atoms. The number of ether oxygens (including phenoxy) is 1. The van der Waals surface area contributed by atoms with Crippen molar-refractivity contribution >= 4 is 34.6 Å². The number of rotatable bonds is 6. The molecule has 0 aliphatic carbocycles. The highest BCUT2D eigenvalue weighted by Gasteiger charge is 2.09. The van der Waals surface area contributed by atoms with Gasteiger partial charge in [-0.2, -0.15) is 0 Å². The van der Waals surface area contributed by atoms with E-state index in [4.69, 9.17) is 21.2 Å². The summed E-state index contributed by atoms with van der Waals surface area (Å²) in [5, 5.41) is 7.16. The molecule has 0 saturated carbocycles. The van der Waals surface area contributed by atoms with Gasteiger partial charge in [-0.3, -0.25) is 0 Å². The molecular weight excluding hydrogens is 372 g/mol. The van der Waals surface area contributed by atoms with Crippen molar-refractivity contribution in [2.24, 2.45) is 5.16 Å². The van der Waals surface area contributed by atoms with Crippen molar-refractivity contribution in [3.05, 3.63) is 81.3 Å². The van der Waals surface area contributed by atoms with E-state index >= 15 is 0 Å². The van der Waals surface area contributed by atoms with Gasteiger partial charge in [-0.1, -0.05) is 35.0 Å². The lowest BCUT2D eigenvalue weighted by Gasteiger charge is -2.03. The fourth-order valence-corrected chi connectivity index (χ4v) is 2.88. The summed E-state index contributed by atoms with van der Waals surface area (Å²) in [6, 6.07) is 15.8. The number of thiazole rings is 1. The molecule has 0 amide bonds. The maximum absolute atomic E-state index is 11.9. The first-order chi connectivity index (χ1) is 12.6. The van der Waals surface area contributed by atoms with Gasteiger partial charge in [0.25, 0.3) is 0 Å². The number of carbonyl (C=O) groups excluding carboxylic acids is 1. The average molecular weight is 387 g/mol. The Morgan fingerprint density at radius 2 is 1.88 bits per heavy atom. The Labute approximate surface area is 159 Å². The molecule has 0 bridgehead atoms. The Balaban J connectivity index is 1.57. The molecule has 0 atom stereocenters. The van der Waals surface area contributed by atoms with Crippen LogP contribution in [0.3, 0.4) is 0 Å². The van der Waals surface area contributed by atoms with Crippen LogP contribution in [0.2, 0.25) is 5.02 Å². The van der Waals surface area contributed by atoms with Crippen molar-refractivity contribution < 1.29 is 14.4 Å². The zero-order valence-corrected chi connectivity index (χ0v) is 15.5. The van der Waals surface area contributed by atoms with Crippen LogP contribution in [-0.4, -0.2) is 16.7 Å². The second-order valence-electron chi connectivity index (χ2n) is 5.29. The number of halogens is 1. The van der Waals surface area contributed by atoms with Gasteiger partial charge in [0.05, 0.1) is 11.3 Å². The summed E-state index contributed by atoms with van der Waals surface area (Å²) < 4.78 is 5.66. The normalized spacial score (nSPS) is 11.2. The number of hydrogen-bond acceptors (Lipinski definition) is 6. The molecular formula is C19H15ClN2O3S. The predicted octanol–water partition coefficient (Wildman–Crippen LogP) is 4.96. The SMILES string of the molecule is CC(=NOC(=O)c1ccccc1)c1csc(COc2ccc(Cl)cc2)n1. The zero-order chi connectivity index (χ0) is 18.4. The molecule has 0 aliphatic rings. The van der Waals surface area contributed by atoms with E-state index < -0.39 is 5.97 Å². The van der Waals surface area contributed by atoms with E-state index in [0.29, 0.717) is 34.3 Å². The number of hydrogen-bond donors (Lipinski definition) is 0. The molecule has 0 saturated heterocycles. The summed E-state index contributed by atoms with van der Waals surface area (Å²) in [4.78, 5) is 21.3. The predicted molar refractivity (Wildman–Crippen MR) is 102 cm³/mol. The number of benzene rings is 2. The molecule has 26 heavy (non-hydrogen) atoms. The van der Waals surface area contributed by atoms with E-state index in [2.05, 4.69) is 10.1 Å². The van der Waals surface area contributed by atoms with Crippen LogP contribution in [0.25, 0.3) is 0 Å². The van der Waals surface area contributed by atoms with Gasteiger partial charge in [0.2, 0.25) is 0 Å². The van der Waals surface area contributed by atoms with Gasteiger partial charge < -0.3 is 9.57 Å². The quantitative estimate of drug-likeness (QED) is 0.341. The largest absolute Gasteiger partial charge is 0.486 e. The molecule has 0 N–H and O–H groups in total. The van der Waals surface area contributed by atoms with Crippen molar-refractivity contribution in [1.82, 2.24) is 4.98 Å². The van der Waals surface area contributed by atoms with Crippen molar-refractivity contribution in [2.75, 3.05) is 0 Å². The monoisotopic (exact) mass is 386 g/mol. The lowest BCUT2D eigenvalue weighted by Crippen LogP contribution is -2.04. The molecule has 0 aliphatic heterocycles. The number of nitrogens with zero attached hydrogens (tertiary/aromatic N) is 2. The van der Waals surface area contributed by atoms with Crippen LogP contribution in [0.1, 0.15) is 28.0 Å². The summed E-state index contributed by atoms with van der Waals surface area (Å²) in [7, 11) is 0. The minimum absolute atomic E-state index is 0.337. The molecule has 3 aromatic rings. The van der Waals surface area contributed by atoms with Gasteiger partial charge in [0.15, 0.2) is 0 Å². The lowest BCUT2D eigenvalue weighted by molar-refractivity contribution is 0.0516. The third kappa shape index (κ3) is 4.91. The second kappa shape index (κ2) is 8.60. The van der Waals surface area contributed by atoms with Crippen LogP contribution in [0.4, 0.5) is 0 Å². The van der Waals surface area contributed by atoms with Gasteiger partial charge in [0.1, 0.15) is 23.1 Å². The Hall–Kier alpha value is -2.70. The van der Waals surface area contributed by atoms with Gasteiger partial charge >= 0.3 is 5.97 Å². The molecule has 1 heterocycles. The highest BCUT2D eigenvalue weighted by atomic mass is 35.5.